The molecule has 0 saturated carbocycles. The summed E-state index contributed by atoms with van der Waals surface area (Å²) in [7, 11) is 3.43. The molecule has 0 aromatic heterocycles. The first-order chi connectivity index (χ1) is 15.0. The predicted octanol–water partition coefficient (Wildman–Crippen LogP) is 4.03. The fourth-order valence-electron chi connectivity index (χ4n) is 3.78. The van der Waals surface area contributed by atoms with Gasteiger partial charge in [-0.2, -0.15) is 0 Å². The fourth-order valence-corrected chi connectivity index (χ4v) is 5.28. The highest BCUT2D eigenvalue weighted by molar-refractivity contribution is 7.80. The predicted molar refractivity (Wildman–Crippen MR) is 123 cm³/mol. The minimum Gasteiger partial charge on any atom is -0.756 e. The molecule has 31 heavy (non-hydrogen) atoms. The standard InChI is InChI=1S/C21H32ClN4O4S/c1-4-9-20-25(22)19-16-23(2)31(28)24(21(19)26(20)27)14-7-5-6-8-15-30-18-12-10-17(29-3)11-13-18/h10-13,20H,4-9,14-16H2,1-3H3/q-1. The van der Waals surface area contributed by atoms with E-state index in [-0.39, 0.29) is 0 Å². The zero-order valence-electron chi connectivity index (χ0n) is 18.5. The van der Waals surface area contributed by atoms with Crippen LogP contribution in [0.5, 0.6) is 11.5 Å². The van der Waals surface area contributed by atoms with E-state index in [0.29, 0.717) is 31.9 Å². The summed E-state index contributed by atoms with van der Waals surface area (Å²) in [5.41, 5.74) is 0.741. The Kier molecular flexibility index (Phi) is 8.71. The zero-order chi connectivity index (χ0) is 22.4. The van der Waals surface area contributed by atoms with Crippen molar-refractivity contribution < 1.29 is 13.7 Å². The highest BCUT2D eigenvalue weighted by Crippen LogP contribution is 2.38. The molecule has 0 aliphatic carbocycles. The molecule has 2 aliphatic heterocycles. The Balaban J connectivity index is 1.45. The summed E-state index contributed by atoms with van der Waals surface area (Å²) in [6, 6.07) is 7.55. The highest BCUT2D eigenvalue weighted by Gasteiger charge is 2.41. The third kappa shape index (κ3) is 5.58. The summed E-state index contributed by atoms with van der Waals surface area (Å²) < 4.78 is 28.7. The van der Waals surface area contributed by atoms with Gasteiger partial charge in [-0.1, -0.05) is 26.2 Å². The summed E-state index contributed by atoms with van der Waals surface area (Å²) in [5.74, 6) is 2.10. The van der Waals surface area contributed by atoms with Gasteiger partial charge in [0.15, 0.2) is 11.2 Å². The van der Waals surface area contributed by atoms with Crippen LogP contribution in [0, 0.1) is 5.21 Å². The quantitative estimate of drug-likeness (QED) is 0.358. The molecule has 1 aromatic rings. The Labute approximate surface area is 192 Å². The van der Waals surface area contributed by atoms with E-state index in [1.165, 1.54) is 4.42 Å². The van der Waals surface area contributed by atoms with Crippen LogP contribution in [-0.4, -0.2) is 62.3 Å². The first kappa shape index (κ1) is 24.0. The van der Waals surface area contributed by atoms with Crippen LogP contribution in [0.4, 0.5) is 0 Å². The molecule has 0 fully saturated rings. The van der Waals surface area contributed by atoms with Crippen molar-refractivity contribution in [3.63, 3.8) is 0 Å². The second kappa shape index (κ2) is 11.3. The van der Waals surface area contributed by atoms with E-state index < -0.39 is 17.3 Å². The molecule has 0 radical (unpaired) electrons. The van der Waals surface area contributed by atoms with E-state index in [4.69, 9.17) is 21.3 Å². The van der Waals surface area contributed by atoms with Crippen molar-refractivity contribution >= 4 is 22.9 Å². The molecule has 1 aromatic carbocycles. The third-order valence-electron chi connectivity index (χ3n) is 5.45. The van der Waals surface area contributed by atoms with Gasteiger partial charge in [0.05, 0.1) is 26.0 Å². The molecule has 2 aliphatic rings. The largest absolute Gasteiger partial charge is 0.756 e. The zero-order valence-corrected chi connectivity index (χ0v) is 20.0. The molecule has 0 bridgehead atoms. The lowest BCUT2D eigenvalue weighted by atomic mass is 10.2. The molecule has 3 rings (SSSR count). The van der Waals surface area contributed by atoms with Crippen LogP contribution in [-0.2, 0) is 11.2 Å². The van der Waals surface area contributed by atoms with Crippen molar-refractivity contribution in [1.82, 2.24) is 18.1 Å². The molecule has 2 atom stereocenters. The normalized spacial score (nSPS) is 21.6. The van der Waals surface area contributed by atoms with Crippen LogP contribution >= 0.6 is 11.8 Å². The van der Waals surface area contributed by atoms with E-state index in [1.807, 2.05) is 31.2 Å². The van der Waals surface area contributed by atoms with Gasteiger partial charge >= 0.3 is 0 Å². The van der Waals surface area contributed by atoms with Gasteiger partial charge in [0.25, 0.3) is 0 Å². The molecule has 0 N–H and O–H groups in total. The molecular formula is C21H32ClN4O4S-. The molecule has 8 nitrogen and oxygen atoms in total. The number of benzene rings is 1. The Bertz CT molecular complexity index is 779. The van der Waals surface area contributed by atoms with Crippen LogP contribution in [0.3, 0.4) is 0 Å². The summed E-state index contributed by atoms with van der Waals surface area (Å²) in [5, 5.41) is 13.8. The summed E-state index contributed by atoms with van der Waals surface area (Å²) in [6.45, 7) is 3.63. The van der Waals surface area contributed by atoms with Crippen molar-refractivity contribution in [2.45, 2.75) is 51.6 Å². The SMILES string of the molecule is CCCC1N([O-])C2=C(CN(C)S(=O)N2CCCCCCOc2ccc(OC)cc2)N1Cl. The van der Waals surface area contributed by atoms with Crippen LogP contribution in [0.15, 0.2) is 35.8 Å². The maximum absolute atomic E-state index is 12.9. The van der Waals surface area contributed by atoms with Gasteiger partial charge in [0.1, 0.15) is 23.5 Å². The smallest absolute Gasteiger partial charge is 0.200 e. The molecule has 0 spiro atoms. The first-order valence-corrected chi connectivity index (χ1v) is 12.2. The maximum atomic E-state index is 12.9. The van der Waals surface area contributed by atoms with E-state index in [1.54, 1.807) is 22.8 Å². The lowest BCUT2D eigenvalue weighted by molar-refractivity contribution is 0.225. The average molecular weight is 472 g/mol. The van der Waals surface area contributed by atoms with Crippen LogP contribution in [0.2, 0.25) is 0 Å². The molecule has 2 heterocycles. The Morgan fingerprint density at radius 3 is 2.52 bits per heavy atom. The first-order valence-electron chi connectivity index (χ1n) is 10.8. The minimum absolute atomic E-state index is 0.406. The van der Waals surface area contributed by atoms with E-state index in [9.17, 15) is 9.42 Å². The van der Waals surface area contributed by atoms with Crippen LogP contribution < -0.4 is 9.47 Å². The summed E-state index contributed by atoms with van der Waals surface area (Å²) in [4.78, 5) is 0. The van der Waals surface area contributed by atoms with Crippen molar-refractivity contribution in [3.05, 3.63) is 41.0 Å². The molecule has 10 heteroatoms. The number of nitrogens with zero attached hydrogens (tertiary/aromatic N) is 4. The number of likely N-dealkylation sites (N-methyl/N-ethyl adjacent to an activating group) is 1. The second-order valence-corrected chi connectivity index (χ2v) is 9.62. The number of hydrogen-bond acceptors (Lipinski definition) is 6. The number of methoxy groups -OCH3 is 1. The minimum atomic E-state index is -1.38. The number of halogens is 1. The van der Waals surface area contributed by atoms with Gasteiger partial charge in [0.2, 0.25) is 0 Å². The molecule has 0 saturated heterocycles. The topological polar surface area (TPSA) is 71.5 Å². The monoisotopic (exact) mass is 471 g/mol. The number of hydrogen-bond donors (Lipinski definition) is 0. The third-order valence-corrected chi connectivity index (χ3v) is 7.28. The van der Waals surface area contributed by atoms with Gasteiger partial charge in [-0.15, -0.1) is 0 Å². The lowest BCUT2D eigenvalue weighted by Gasteiger charge is -2.41. The summed E-state index contributed by atoms with van der Waals surface area (Å²) in [6.07, 6.45) is 4.83. The van der Waals surface area contributed by atoms with Gasteiger partial charge in [-0.3, -0.25) is 8.72 Å². The lowest BCUT2D eigenvalue weighted by Crippen LogP contribution is -2.45. The van der Waals surface area contributed by atoms with Gasteiger partial charge in [-0.05, 0) is 43.5 Å². The Morgan fingerprint density at radius 1 is 1.16 bits per heavy atom. The van der Waals surface area contributed by atoms with Crippen molar-refractivity contribution in [1.29, 1.82) is 0 Å². The van der Waals surface area contributed by atoms with E-state index in [2.05, 4.69) is 0 Å². The summed E-state index contributed by atoms with van der Waals surface area (Å²) >= 11 is 5.07. The van der Waals surface area contributed by atoms with E-state index >= 15 is 0 Å². The molecule has 2 unspecified atom stereocenters. The number of ether oxygens (including phenoxy) is 2. The van der Waals surface area contributed by atoms with Gasteiger partial charge in [-0.25, -0.2) is 8.51 Å². The van der Waals surface area contributed by atoms with Crippen molar-refractivity contribution in [3.8, 4) is 11.5 Å². The van der Waals surface area contributed by atoms with Gasteiger partial charge in [0, 0.05) is 25.4 Å². The molecule has 174 valence electrons. The average Bonchev–Trinajstić information content (AvgIpc) is 3.00. The number of rotatable bonds is 11. The van der Waals surface area contributed by atoms with E-state index in [0.717, 1.165) is 54.4 Å². The Hall–Kier alpha value is -1.68. The van der Waals surface area contributed by atoms with Crippen molar-refractivity contribution in [2.75, 3.05) is 33.9 Å². The Morgan fingerprint density at radius 2 is 1.84 bits per heavy atom. The van der Waals surface area contributed by atoms with Crippen LogP contribution in [0.1, 0.15) is 45.4 Å². The number of hydroxylamine groups is 2. The van der Waals surface area contributed by atoms with Crippen molar-refractivity contribution in [2.24, 2.45) is 0 Å². The highest BCUT2D eigenvalue weighted by atomic mass is 35.5. The molecule has 0 amide bonds. The maximum Gasteiger partial charge on any atom is 0.200 e. The molecular weight excluding hydrogens is 440 g/mol. The number of unbranched alkanes of at least 4 members (excludes halogenated alkanes) is 3. The fraction of sp³-hybridized carbons (Fsp3) is 0.619. The van der Waals surface area contributed by atoms with Gasteiger partial charge < -0.3 is 19.7 Å². The van der Waals surface area contributed by atoms with Crippen LogP contribution in [0.25, 0.3) is 0 Å². The second-order valence-electron chi connectivity index (χ2n) is 7.73.